The molecule has 0 aliphatic rings. The molecule has 0 aliphatic heterocycles. The van der Waals surface area contributed by atoms with E-state index >= 15 is 0 Å². The second kappa shape index (κ2) is 7.88. The number of hydrogen-bond donors (Lipinski definition) is 0. The molecule has 1 heterocycles. The van der Waals surface area contributed by atoms with Crippen molar-refractivity contribution in [3.63, 3.8) is 0 Å². The molecular formula is C23H18N2O3. The van der Waals surface area contributed by atoms with Crippen LogP contribution in [0, 0.1) is 0 Å². The van der Waals surface area contributed by atoms with Crippen LogP contribution in [0.3, 0.4) is 0 Å². The summed E-state index contributed by atoms with van der Waals surface area (Å²) in [5, 5.41) is 10.5. The number of nitrogens with zero attached hydrogens (tertiary/aromatic N) is 2. The molecule has 138 valence electrons. The molecule has 1 aromatic heterocycles. The molecule has 5 nitrogen and oxygen atoms in total. The van der Waals surface area contributed by atoms with E-state index in [2.05, 4.69) is 10.2 Å². The molecule has 0 spiro atoms. The summed E-state index contributed by atoms with van der Waals surface area (Å²) in [4.78, 5) is 11.8. The number of carbonyl (C=O) groups excluding carboxylic acids is 1. The van der Waals surface area contributed by atoms with Crippen molar-refractivity contribution in [1.82, 2.24) is 10.2 Å². The van der Waals surface area contributed by atoms with Gasteiger partial charge in [-0.2, -0.15) is 0 Å². The lowest BCUT2D eigenvalue weighted by molar-refractivity contribution is 0.0526. The lowest BCUT2D eigenvalue weighted by Gasteiger charge is -2.10. The van der Waals surface area contributed by atoms with Gasteiger partial charge in [0.1, 0.15) is 11.4 Å². The number of rotatable bonds is 5. The lowest BCUT2D eigenvalue weighted by atomic mass is 10.1. The van der Waals surface area contributed by atoms with Gasteiger partial charge in [0, 0.05) is 16.3 Å². The Balaban J connectivity index is 1.68. The molecule has 28 heavy (non-hydrogen) atoms. The summed E-state index contributed by atoms with van der Waals surface area (Å²) in [7, 11) is 0. The molecule has 0 atom stereocenters. The Kier molecular flexibility index (Phi) is 4.97. The first-order valence-electron chi connectivity index (χ1n) is 9.02. The van der Waals surface area contributed by atoms with E-state index in [1.54, 1.807) is 31.2 Å². The van der Waals surface area contributed by atoms with Gasteiger partial charge in [-0.05, 0) is 37.3 Å². The Bertz CT molecular complexity index is 1110. The topological polar surface area (TPSA) is 61.3 Å². The molecule has 0 aliphatic carbocycles. The van der Waals surface area contributed by atoms with Crippen LogP contribution in [0.5, 0.6) is 11.6 Å². The number of aromatic nitrogens is 2. The van der Waals surface area contributed by atoms with Crippen LogP contribution in [0.2, 0.25) is 0 Å². The summed E-state index contributed by atoms with van der Waals surface area (Å²) in [6.07, 6.45) is 0. The van der Waals surface area contributed by atoms with Gasteiger partial charge in [-0.1, -0.05) is 48.5 Å². The van der Waals surface area contributed by atoms with Crippen LogP contribution in [0.25, 0.3) is 22.0 Å². The smallest absolute Gasteiger partial charge is 0.338 e. The molecule has 0 saturated heterocycles. The van der Waals surface area contributed by atoms with Crippen molar-refractivity contribution >= 4 is 16.7 Å². The fourth-order valence-electron chi connectivity index (χ4n) is 2.95. The molecular weight excluding hydrogens is 352 g/mol. The third-order valence-electron chi connectivity index (χ3n) is 4.28. The average Bonchev–Trinajstić information content (AvgIpc) is 2.75. The van der Waals surface area contributed by atoms with Crippen LogP contribution >= 0.6 is 0 Å². The fourth-order valence-corrected chi connectivity index (χ4v) is 2.95. The van der Waals surface area contributed by atoms with Gasteiger partial charge in [0.2, 0.25) is 5.88 Å². The Morgan fingerprint density at radius 3 is 2.21 bits per heavy atom. The van der Waals surface area contributed by atoms with Gasteiger partial charge in [0.05, 0.1) is 12.2 Å². The summed E-state index contributed by atoms with van der Waals surface area (Å²) >= 11 is 0. The quantitative estimate of drug-likeness (QED) is 0.448. The van der Waals surface area contributed by atoms with E-state index < -0.39 is 0 Å². The van der Waals surface area contributed by atoms with Crippen molar-refractivity contribution in [1.29, 1.82) is 0 Å². The zero-order chi connectivity index (χ0) is 19.3. The number of hydrogen-bond acceptors (Lipinski definition) is 5. The largest absolute Gasteiger partial charge is 0.462 e. The van der Waals surface area contributed by atoms with E-state index in [1.807, 2.05) is 54.6 Å². The number of esters is 1. The predicted octanol–water partition coefficient (Wildman–Crippen LogP) is 5.27. The first-order valence-corrected chi connectivity index (χ1v) is 9.02. The summed E-state index contributed by atoms with van der Waals surface area (Å²) in [6.45, 7) is 2.12. The zero-order valence-electron chi connectivity index (χ0n) is 15.3. The Labute approximate surface area is 162 Å². The van der Waals surface area contributed by atoms with E-state index in [0.29, 0.717) is 23.8 Å². The fraction of sp³-hybridized carbons (Fsp3) is 0.0870. The number of fused-ring (bicyclic) bond motifs is 1. The highest BCUT2D eigenvalue weighted by Gasteiger charge is 2.13. The minimum Gasteiger partial charge on any atom is -0.462 e. The van der Waals surface area contributed by atoms with Crippen LogP contribution in [0.1, 0.15) is 17.3 Å². The average molecular weight is 370 g/mol. The van der Waals surface area contributed by atoms with Gasteiger partial charge in [-0.25, -0.2) is 4.79 Å². The van der Waals surface area contributed by atoms with Crippen molar-refractivity contribution in [2.24, 2.45) is 0 Å². The van der Waals surface area contributed by atoms with E-state index in [1.165, 1.54) is 0 Å². The highest BCUT2D eigenvalue weighted by atomic mass is 16.5. The molecule has 0 bridgehead atoms. The second-order valence-corrected chi connectivity index (χ2v) is 6.11. The minimum absolute atomic E-state index is 0.340. The molecule has 4 aromatic rings. The summed E-state index contributed by atoms with van der Waals surface area (Å²) in [5.41, 5.74) is 2.28. The highest BCUT2D eigenvalue weighted by Crippen LogP contribution is 2.32. The van der Waals surface area contributed by atoms with E-state index in [-0.39, 0.29) is 5.97 Å². The van der Waals surface area contributed by atoms with Gasteiger partial charge in [0.15, 0.2) is 0 Å². The third-order valence-corrected chi connectivity index (χ3v) is 4.28. The Hall–Kier alpha value is -3.73. The van der Waals surface area contributed by atoms with E-state index in [4.69, 9.17) is 9.47 Å². The number of benzene rings is 3. The van der Waals surface area contributed by atoms with E-state index in [9.17, 15) is 4.79 Å². The minimum atomic E-state index is -0.355. The van der Waals surface area contributed by atoms with Crippen molar-refractivity contribution in [2.45, 2.75) is 6.92 Å². The summed E-state index contributed by atoms with van der Waals surface area (Å²) < 4.78 is 10.9. The van der Waals surface area contributed by atoms with Gasteiger partial charge in [-0.3, -0.25) is 0 Å². The molecule has 0 unspecified atom stereocenters. The molecule has 0 fully saturated rings. The van der Waals surface area contributed by atoms with Crippen LogP contribution in [0.15, 0.2) is 78.9 Å². The Morgan fingerprint density at radius 2 is 1.50 bits per heavy atom. The van der Waals surface area contributed by atoms with Gasteiger partial charge in [0.25, 0.3) is 0 Å². The van der Waals surface area contributed by atoms with Crippen molar-refractivity contribution in [2.75, 3.05) is 6.61 Å². The zero-order valence-corrected chi connectivity index (χ0v) is 15.3. The van der Waals surface area contributed by atoms with Crippen LogP contribution in [-0.4, -0.2) is 22.8 Å². The third kappa shape index (κ3) is 3.55. The van der Waals surface area contributed by atoms with Gasteiger partial charge < -0.3 is 9.47 Å². The monoisotopic (exact) mass is 370 g/mol. The van der Waals surface area contributed by atoms with Crippen molar-refractivity contribution in [3.8, 4) is 22.9 Å². The van der Waals surface area contributed by atoms with Gasteiger partial charge >= 0.3 is 5.97 Å². The normalized spacial score (nSPS) is 10.6. The SMILES string of the molecule is CCOC(=O)c1ccc(Oc2nnc(-c3ccccc3)c3ccccc23)cc1. The van der Waals surface area contributed by atoms with Crippen LogP contribution < -0.4 is 4.74 Å². The Morgan fingerprint density at radius 1 is 0.821 bits per heavy atom. The second-order valence-electron chi connectivity index (χ2n) is 6.11. The first kappa shape index (κ1) is 17.7. The maximum absolute atomic E-state index is 11.8. The maximum atomic E-state index is 11.8. The number of carbonyl (C=O) groups is 1. The maximum Gasteiger partial charge on any atom is 0.338 e. The first-order chi connectivity index (χ1) is 13.8. The van der Waals surface area contributed by atoms with Crippen LogP contribution in [0.4, 0.5) is 0 Å². The predicted molar refractivity (Wildman–Crippen MR) is 107 cm³/mol. The van der Waals surface area contributed by atoms with E-state index in [0.717, 1.165) is 22.0 Å². The molecule has 0 radical (unpaired) electrons. The standard InChI is InChI=1S/C23H18N2O3/c1-2-27-23(26)17-12-14-18(15-13-17)28-22-20-11-7-6-10-19(20)21(24-25-22)16-8-4-3-5-9-16/h3-15H,2H2,1H3. The molecule has 0 N–H and O–H groups in total. The lowest BCUT2D eigenvalue weighted by Crippen LogP contribution is -2.04. The van der Waals surface area contributed by atoms with Crippen molar-refractivity contribution < 1.29 is 14.3 Å². The highest BCUT2D eigenvalue weighted by molar-refractivity contribution is 5.97. The molecule has 0 saturated carbocycles. The summed E-state index contributed by atoms with van der Waals surface area (Å²) in [6, 6.07) is 24.6. The van der Waals surface area contributed by atoms with Crippen molar-refractivity contribution in [3.05, 3.63) is 84.4 Å². The molecule has 0 amide bonds. The number of ether oxygens (including phenoxy) is 2. The molecule has 3 aromatic carbocycles. The summed E-state index contributed by atoms with van der Waals surface area (Å²) in [5.74, 6) is 0.630. The van der Waals surface area contributed by atoms with Gasteiger partial charge in [-0.15, -0.1) is 10.2 Å². The molecule has 4 rings (SSSR count). The van der Waals surface area contributed by atoms with Crippen LogP contribution in [-0.2, 0) is 4.74 Å². The molecule has 5 heteroatoms.